The fraction of sp³-hybridized carbons (Fsp3) is 0.0714. The number of hydrogen-bond acceptors (Lipinski definition) is 3. The third-order valence-electron chi connectivity index (χ3n) is 2.92. The first-order valence-electron chi connectivity index (χ1n) is 5.85. The molecule has 1 unspecified atom stereocenters. The predicted molar refractivity (Wildman–Crippen MR) is 78.9 cm³/mol. The lowest BCUT2D eigenvalue weighted by Gasteiger charge is -2.13. The molecular formula is C14H12ClN3S. The maximum Gasteiger partial charge on any atom is 0.0836 e. The molecular weight excluding hydrogens is 278 g/mol. The van der Waals surface area contributed by atoms with Crippen LogP contribution in [0.4, 0.5) is 0 Å². The molecule has 0 aliphatic carbocycles. The molecule has 0 radical (unpaired) electrons. The highest BCUT2D eigenvalue weighted by Crippen LogP contribution is 2.31. The minimum Gasteiger partial charge on any atom is -0.318 e. The van der Waals surface area contributed by atoms with Crippen LogP contribution >= 0.6 is 22.9 Å². The zero-order valence-corrected chi connectivity index (χ0v) is 11.6. The second kappa shape index (κ2) is 5.17. The Morgan fingerprint density at radius 3 is 2.63 bits per heavy atom. The molecule has 2 heterocycles. The quantitative estimate of drug-likeness (QED) is 0.800. The summed E-state index contributed by atoms with van der Waals surface area (Å²) in [5, 5.41) is 7.00. The van der Waals surface area contributed by atoms with E-state index >= 15 is 0 Å². The number of benzene rings is 1. The monoisotopic (exact) mass is 289 g/mol. The average molecular weight is 290 g/mol. The Morgan fingerprint density at radius 1 is 1.16 bits per heavy atom. The number of thiophene rings is 1. The molecule has 1 aromatic carbocycles. The van der Waals surface area contributed by atoms with Crippen LogP contribution in [0.25, 0.3) is 5.69 Å². The molecule has 0 aliphatic heterocycles. The van der Waals surface area contributed by atoms with Crippen LogP contribution in [0.2, 0.25) is 5.02 Å². The number of para-hydroxylation sites is 1. The third kappa shape index (κ3) is 2.30. The van der Waals surface area contributed by atoms with Crippen molar-refractivity contribution in [3.63, 3.8) is 0 Å². The van der Waals surface area contributed by atoms with E-state index in [0.29, 0.717) is 5.02 Å². The topological polar surface area (TPSA) is 43.8 Å². The molecule has 0 saturated heterocycles. The largest absolute Gasteiger partial charge is 0.318 e. The molecule has 2 aromatic heterocycles. The van der Waals surface area contributed by atoms with Crippen LogP contribution in [0.1, 0.15) is 16.6 Å². The normalized spacial score (nSPS) is 12.5. The number of halogens is 1. The van der Waals surface area contributed by atoms with Gasteiger partial charge in [0.1, 0.15) is 0 Å². The number of nitrogens with two attached hydrogens (primary N) is 1. The standard InChI is InChI=1S/C14H12ClN3S/c15-11-7-9-19-14(11)13(16)12-6-8-17-18(12)10-4-2-1-3-5-10/h1-9,13H,16H2. The van der Waals surface area contributed by atoms with Gasteiger partial charge in [0.05, 0.1) is 22.4 Å². The van der Waals surface area contributed by atoms with Crippen molar-refractivity contribution in [2.75, 3.05) is 0 Å². The van der Waals surface area contributed by atoms with Crippen molar-refractivity contribution < 1.29 is 0 Å². The summed E-state index contributed by atoms with van der Waals surface area (Å²) in [6, 6.07) is 13.4. The van der Waals surface area contributed by atoms with E-state index in [1.54, 1.807) is 17.5 Å². The Labute approximate surface area is 120 Å². The highest BCUT2D eigenvalue weighted by atomic mass is 35.5. The summed E-state index contributed by atoms with van der Waals surface area (Å²) in [6.45, 7) is 0. The minimum absolute atomic E-state index is 0.268. The third-order valence-corrected chi connectivity index (χ3v) is 4.36. The zero-order valence-electron chi connectivity index (χ0n) is 10.0. The van der Waals surface area contributed by atoms with E-state index in [2.05, 4.69) is 5.10 Å². The Hall–Kier alpha value is -1.62. The van der Waals surface area contributed by atoms with Crippen molar-refractivity contribution in [3.8, 4) is 5.69 Å². The van der Waals surface area contributed by atoms with Crippen molar-refractivity contribution in [2.45, 2.75) is 6.04 Å². The van der Waals surface area contributed by atoms with E-state index in [0.717, 1.165) is 16.3 Å². The van der Waals surface area contributed by atoms with Gasteiger partial charge in [-0.3, -0.25) is 0 Å². The summed E-state index contributed by atoms with van der Waals surface area (Å²) in [4.78, 5) is 0.958. The van der Waals surface area contributed by atoms with Crippen molar-refractivity contribution >= 4 is 22.9 Å². The highest BCUT2D eigenvalue weighted by molar-refractivity contribution is 7.10. The minimum atomic E-state index is -0.268. The second-order valence-electron chi connectivity index (χ2n) is 4.11. The predicted octanol–water partition coefficient (Wildman–Crippen LogP) is 3.64. The average Bonchev–Trinajstić information content (AvgIpc) is 3.07. The Kier molecular flexibility index (Phi) is 3.38. The molecule has 0 spiro atoms. The molecule has 0 bridgehead atoms. The molecule has 2 N–H and O–H groups in total. The van der Waals surface area contributed by atoms with Crippen molar-refractivity contribution in [1.82, 2.24) is 9.78 Å². The van der Waals surface area contributed by atoms with Gasteiger partial charge in [-0.2, -0.15) is 5.10 Å². The molecule has 3 nitrogen and oxygen atoms in total. The van der Waals surface area contributed by atoms with Gasteiger partial charge in [-0.1, -0.05) is 29.8 Å². The van der Waals surface area contributed by atoms with Gasteiger partial charge >= 0.3 is 0 Å². The van der Waals surface area contributed by atoms with E-state index in [4.69, 9.17) is 17.3 Å². The molecule has 0 fully saturated rings. The highest BCUT2D eigenvalue weighted by Gasteiger charge is 2.18. The van der Waals surface area contributed by atoms with Crippen LogP contribution in [0.3, 0.4) is 0 Å². The Bertz CT molecular complexity index is 675. The maximum atomic E-state index is 6.31. The Balaban J connectivity index is 2.04. The smallest absolute Gasteiger partial charge is 0.0836 e. The fourth-order valence-corrected chi connectivity index (χ4v) is 3.18. The first kappa shape index (κ1) is 12.4. The summed E-state index contributed by atoms with van der Waals surface area (Å²) < 4.78 is 1.85. The SMILES string of the molecule is NC(c1sccc1Cl)c1ccnn1-c1ccccc1. The van der Waals surface area contributed by atoms with Gasteiger partial charge in [0.25, 0.3) is 0 Å². The van der Waals surface area contributed by atoms with Gasteiger partial charge in [0, 0.05) is 11.1 Å². The van der Waals surface area contributed by atoms with Gasteiger partial charge in [-0.05, 0) is 29.6 Å². The summed E-state index contributed by atoms with van der Waals surface area (Å²) in [6.07, 6.45) is 1.75. The molecule has 0 aliphatic rings. The second-order valence-corrected chi connectivity index (χ2v) is 5.47. The molecule has 3 rings (SSSR count). The van der Waals surface area contributed by atoms with Crippen molar-refractivity contribution in [1.29, 1.82) is 0 Å². The summed E-state index contributed by atoms with van der Waals surface area (Å²) in [7, 11) is 0. The van der Waals surface area contributed by atoms with E-state index in [1.165, 1.54) is 0 Å². The molecule has 0 saturated carbocycles. The molecule has 5 heteroatoms. The summed E-state index contributed by atoms with van der Waals surface area (Å²) >= 11 is 7.71. The Morgan fingerprint density at radius 2 is 1.95 bits per heavy atom. The molecule has 3 aromatic rings. The summed E-state index contributed by atoms with van der Waals surface area (Å²) in [5.41, 5.74) is 8.23. The van der Waals surface area contributed by atoms with Crippen LogP contribution in [0.15, 0.2) is 54.0 Å². The number of rotatable bonds is 3. The number of aromatic nitrogens is 2. The lowest BCUT2D eigenvalue weighted by molar-refractivity contribution is 0.748. The number of hydrogen-bond donors (Lipinski definition) is 1. The van der Waals surface area contributed by atoms with Gasteiger partial charge in [-0.25, -0.2) is 4.68 Å². The lowest BCUT2D eigenvalue weighted by Crippen LogP contribution is -2.15. The molecule has 19 heavy (non-hydrogen) atoms. The molecule has 0 amide bonds. The number of nitrogens with zero attached hydrogens (tertiary/aromatic N) is 2. The fourth-order valence-electron chi connectivity index (χ4n) is 2.00. The van der Waals surface area contributed by atoms with Gasteiger partial charge in [0.2, 0.25) is 0 Å². The van der Waals surface area contributed by atoms with Crippen LogP contribution in [0, 0.1) is 0 Å². The van der Waals surface area contributed by atoms with Crippen LogP contribution in [-0.4, -0.2) is 9.78 Å². The first-order chi connectivity index (χ1) is 9.27. The van der Waals surface area contributed by atoms with Crippen LogP contribution in [-0.2, 0) is 0 Å². The first-order valence-corrected chi connectivity index (χ1v) is 7.11. The maximum absolute atomic E-state index is 6.31. The molecule has 1 atom stereocenters. The van der Waals surface area contributed by atoms with E-state index < -0.39 is 0 Å². The van der Waals surface area contributed by atoms with Crippen LogP contribution < -0.4 is 5.73 Å². The van der Waals surface area contributed by atoms with Gasteiger partial charge in [0.15, 0.2) is 0 Å². The molecule has 96 valence electrons. The van der Waals surface area contributed by atoms with E-state index in [-0.39, 0.29) is 6.04 Å². The lowest BCUT2D eigenvalue weighted by atomic mass is 10.2. The van der Waals surface area contributed by atoms with Crippen molar-refractivity contribution in [2.24, 2.45) is 5.73 Å². The van der Waals surface area contributed by atoms with Crippen molar-refractivity contribution in [3.05, 3.63) is 69.6 Å². The van der Waals surface area contributed by atoms with Gasteiger partial charge < -0.3 is 5.73 Å². The van der Waals surface area contributed by atoms with E-state index in [9.17, 15) is 0 Å². The summed E-state index contributed by atoms with van der Waals surface area (Å²) in [5.74, 6) is 0. The van der Waals surface area contributed by atoms with E-state index in [1.807, 2.05) is 52.5 Å². The van der Waals surface area contributed by atoms with Gasteiger partial charge in [-0.15, -0.1) is 11.3 Å². The zero-order chi connectivity index (χ0) is 13.2. The van der Waals surface area contributed by atoms with Crippen LogP contribution in [0.5, 0.6) is 0 Å².